The Labute approximate surface area is 147 Å². The van der Waals surface area contributed by atoms with Gasteiger partial charge < -0.3 is 16.0 Å². The minimum Gasteiger partial charge on any atom is -0.370 e. The lowest BCUT2D eigenvalue weighted by molar-refractivity contribution is -0.141. The highest BCUT2D eigenvalue weighted by atomic mass is 19.4. The molecule has 0 aliphatic carbocycles. The molecule has 0 amide bonds. The molecule has 1 atom stereocenters. The van der Waals surface area contributed by atoms with Gasteiger partial charge in [0.2, 0.25) is 5.95 Å². The second-order valence-electron chi connectivity index (χ2n) is 5.87. The molecule has 136 valence electrons. The maximum atomic E-state index is 13.1. The number of anilines is 3. The van der Waals surface area contributed by atoms with E-state index in [1.165, 1.54) is 18.3 Å². The zero-order chi connectivity index (χ0) is 18.6. The molecule has 0 radical (unpaired) electrons. The standard InChI is InChI=1S/C16H16F3N7/c17-16(18,19)13-5-14(23-8-10-3-4-21-7-10)26-15(25-13)24-12-2-1-11(6-20)22-9-12/h1-2,5,9-10,21H,3-4,7-8H2,(H2,23,24,25,26). The molecule has 1 unspecified atom stereocenters. The van der Waals surface area contributed by atoms with Crippen molar-refractivity contribution in [1.82, 2.24) is 20.3 Å². The van der Waals surface area contributed by atoms with Crippen LogP contribution in [0.5, 0.6) is 0 Å². The predicted octanol–water partition coefficient (Wildman–Crippen LogP) is 2.53. The van der Waals surface area contributed by atoms with Crippen LogP contribution in [-0.4, -0.2) is 34.6 Å². The Morgan fingerprint density at radius 3 is 2.77 bits per heavy atom. The zero-order valence-electron chi connectivity index (χ0n) is 13.6. The average molecular weight is 363 g/mol. The number of alkyl halides is 3. The van der Waals surface area contributed by atoms with Gasteiger partial charge in [0.25, 0.3) is 0 Å². The van der Waals surface area contributed by atoms with Crippen molar-refractivity contribution in [1.29, 1.82) is 5.26 Å². The number of rotatable bonds is 5. The number of hydrogen-bond acceptors (Lipinski definition) is 7. The van der Waals surface area contributed by atoms with Gasteiger partial charge in [-0.25, -0.2) is 9.97 Å². The summed E-state index contributed by atoms with van der Waals surface area (Å²) in [4.78, 5) is 11.5. The number of nitriles is 1. The first-order valence-electron chi connectivity index (χ1n) is 7.98. The van der Waals surface area contributed by atoms with Gasteiger partial charge in [-0.15, -0.1) is 0 Å². The van der Waals surface area contributed by atoms with E-state index in [0.717, 1.165) is 25.6 Å². The minimum atomic E-state index is -4.59. The molecule has 2 aromatic rings. The molecule has 2 aromatic heterocycles. The highest BCUT2D eigenvalue weighted by Gasteiger charge is 2.34. The summed E-state index contributed by atoms with van der Waals surface area (Å²) in [7, 11) is 0. The molecule has 3 heterocycles. The number of pyridine rings is 1. The molecular weight excluding hydrogens is 347 g/mol. The van der Waals surface area contributed by atoms with Crippen LogP contribution in [0, 0.1) is 17.2 Å². The zero-order valence-corrected chi connectivity index (χ0v) is 13.6. The van der Waals surface area contributed by atoms with Crippen molar-refractivity contribution < 1.29 is 13.2 Å². The number of nitrogens with one attached hydrogen (secondary N) is 3. The molecule has 1 fully saturated rings. The smallest absolute Gasteiger partial charge is 0.370 e. The van der Waals surface area contributed by atoms with Gasteiger partial charge >= 0.3 is 6.18 Å². The summed E-state index contributed by atoms with van der Waals surface area (Å²) in [6.45, 7) is 2.26. The lowest BCUT2D eigenvalue weighted by Gasteiger charge is -2.14. The van der Waals surface area contributed by atoms with Gasteiger partial charge in [0.05, 0.1) is 11.9 Å². The summed E-state index contributed by atoms with van der Waals surface area (Å²) in [6, 6.07) is 5.73. The van der Waals surface area contributed by atoms with Gasteiger partial charge in [-0.3, -0.25) is 0 Å². The van der Waals surface area contributed by atoms with Crippen molar-refractivity contribution >= 4 is 17.5 Å². The first kappa shape index (κ1) is 17.9. The second kappa shape index (κ2) is 7.53. The molecule has 0 aromatic carbocycles. The highest BCUT2D eigenvalue weighted by molar-refractivity contribution is 5.55. The number of hydrogen-bond donors (Lipinski definition) is 3. The first-order valence-corrected chi connectivity index (χ1v) is 7.98. The van der Waals surface area contributed by atoms with Crippen LogP contribution in [0.4, 0.5) is 30.6 Å². The molecule has 3 rings (SSSR count). The van der Waals surface area contributed by atoms with E-state index in [9.17, 15) is 13.2 Å². The summed E-state index contributed by atoms with van der Waals surface area (Å²) in [5.41, 5.74) is -0.453. The van der Waals surface area contributed by atoms with Gasteiger partial charge in [0, 0.05) is 12.6 Å². The molecule has 0 bridgehead atoms. The Bertz CT molecular complexity index is 793. The molecule has 10 heteroatoms. The summed E-state index contributed by atoms with van der Waals surface area (Å²) in [5, 5.41) is 17.6. The van der Waals surface area contributed by atoms with Crippen LogP contribution in [0.1, 0.15) is 17.8 Å². The van der Waals surface area contributed by atoms with E-state index in [0.29, 0.717) is 18.2 Å². The number of halogens is 3. The van der Waals surface area contributed by atoms with E-state index in [4.69, 9.17) is 5.26 Å². The summed E-state index contributed by atoms with van der Waals surface area (Å²) < 4.78 is 39.4. The fraction of sp³-hybridized carbons (Fsp3) is 0.375. The Balaban J connectivity index is 1.80. The summed E-state index contributed by atoms with van der Waals surface area (Å²) in [5.74, 6) is 0.250. The molecular formula is C16H16F3N7. The topological polar surface area (TPSA) is 98.5 Å². The number of aromatic nitrogens is 3. The third-order valence-electron chi connectivity index (χ3n) is 3.88. The van der Waals surface area contributed by atoms with Crippen LogP contribution in [0.3, 0.4) is 0 Å². The van der Waals surface area contributed by atoms with Crippen molar-refractivity contribution in [2.75, 3.05) is 30.3 Å². The monoisotopic (exact) mass is 363 g/mol. The van der Waals surface area contributed by atoms with Gasteiger partial charge in [-0.05, 0) is 37.6 Å². The van der Waals surface area contributed by atoms with E-state index in [1.807, 2.05) is 6.07 Å². The third-order valence-corrected chi connectivity index (χ3v) is 3.88. The molecule has 1 aliphatic heterocycles. The molecule has 1 saturated heterocycles. The largest absolute Gasteiger partial charge is 0.433 e. The fourth-order valence-corrected chi connectivity index (χ4v) is 2.54. The molecule has 7 nitrogen and oxygen atoms in total. The van der Waals surface area contributed by atoms with E-state index < -0.39 is 11.9 Å². The Kier molecular flexibility index (Phi) is 5.18. The van der Waals surface area contributed by atoms with E-state index in [1.54, 1.807) is 0 Å². The van der Waals surface area contributed by atoms with Crippen LogP contribution in [0.25, 0.3) is 0 Å². The van der Waals surface area contributed by atoms with Gasteiger partial charge in [-0.1, -0.05) is 0 Å². The van der Waals surface area contributed by atoms with E-state index >= 15 is 0 Å². The van der Waals surface area contributed by atoms with E-state index in [-0.39, 0.29) is 17.5 Å². The normalized spacial score (nSPS) is 16.9. The van der Waals surface area contributed by atoms with Crippen molar-refractivity contribution in [3.05, 3.63) is 35.8 Å². The van der Waals surface area contributed by atoms with Crippen LogP contribution < -0.4 is 16.0 Å². The van der Waals surface area contributed by atoms with Crippen LogP contribution in [0.15, 0.2) is 24.4 Å². The van der Waals surface area contributed by atoms with Crippen molar-refractivity contribution in [3.8, 4) is 6.07 Å². The lowest BCUT2D eigenvalue weighted by Crippen LogP contribution is -2.19. The SMILES string of the molecule is N#Cc1ccc(Nc2nc(NCC3CCNC3)cc(C(F)(F)F)n2)cn1. The van der Waals surface area contributed by atoms with Gasteiger partial charge in [0.1, 0.15) is 17.6 Å². The van der Waals surface area contributed by atoms with Crippen molar-refractivity contribution in [2.24, 2.45) is 5.92 Å². The lowest BCUT2D eigenvalue weighted by atomic mass is 10.1. The molecule has 1 aliphatic rings. The molecule has 26 heavy (non-hydrogen) atoms. The molecule has 0 saturated carbocycles. The highest BCUT2D eigenvalue weighted by Crippen LogP contribution is 2.30. The Morgan fingerprint density at radius 1 is 1.31 bits per heavy atom. The Hall–Kier alpha value is -2.93. The predicted molar refractivity (Wildman–Crippen MR) is 88.7 cm³/mol. The minimum absolute atomic E-state index is 0.100. The third kappa shape index (κ3) is 4.58. The van der Waals surface area contributed by atoms with Crippen molar-refractivity contribution in [3.63, 3.8) is 0 Å². The van der Waals surface area contributed by atoms with Crippen molar-refractivity contribution in [2.45, 2.75) is 12.6 Å². The quantitative estimate of drug-likeness (QED) is 0.751. The van der Waals surface area contributed by atoms with Crippen LogP contribution >= 0.6 is 0 Å². The maximum absolute atomic E-state index is 13.1. The summed E-state index contributed by atoms with van der Waals surface area (Å²) in [6.07, 6.45) is -2.29. The Morgan fingerprint density at radius 2 is 2.15 bits per heavy atom. The van der Waals surface area contributed by atoms with E-state index in [2.05, 4.69) is 30.9 Å². The molecule has 0 spiro atoms. The van der Waals surface area contributed by atoms with Gasteiger partial charge in [-0.2, -0.15) is 23.4 Å². The fourth-order valence-electron chi connectivity index (χ4n) is 2.54. The first-order chi connectivity index (χ1) is 12.4. The average Bonchev–Trinajstić information content (AvgIpc) is 3.13. The van der Waals surface area contributed by atoms with Crippen LogP contribution in [-0.2, 0) is 6.18 Å². The number of nitrogens with zero attached hydrogens (tertiary/aromatic N) is 4. The summed E-state index contributed by atoms with van der Waals surface area (Å²) >= 11 is 0. The van der Waals surface area contributed by atoms with Gasteiger partial charge in [0.15, 0.2) is 5.69 Å². The van der Waals surface area contributed by atoms with Crippen LogP contribution in [0.2, 0.25) is 0 Å². The second-order valence-corrected chi connectivity index (χ2v) is 5.87. The maximum Gasteiger partial charge on any atom is 0.433 e. The molecule has 3 N–H and O–H groups in total.